The molecule has 0 fully saturated rings. The molecule has 0 saturated carbocycles. The van der Waals surface area contributed by atoms with E-state index in [0.717, 1.165) is 39.9 Å². The van der Waals surface area contributed by atoms with Crippen LogP contribution in [0.5, 0.6) is 5.75 Å². The number of aryl methyl sites for hydroxylation is 2. The van der Waals surface area contributed by atoms with Crippen LogP contribution in [0.4, 0.5) is 0 Å². The van der Waals surface area contributed by atoms with Crippen molar-refractivity contribution in [2.75, 3.05) is 0 Å². The molecule has 0 saturated heterocycles. The lowest BCUT2D eigenvalue weighted by atomic mass is 10.0. The zero-order valence-corrected chi connectivity index (χ0v) is 14.4. The summed E-state index contributed by atoms with van der Waals surface area (Å²) in [5.74, 6) is 0.930. The number of nitrogens with two attached hydrogens (primary N) is 1. The van der Waals surface area contributed by atoms with Crippen molar-refractivity contribution in [3.8, 4) is 5.75 Å². The minimum absolute atomic E-state index is 0.101. The van der Waals surface area contributed by atoms with Gasteiger partial charge in [0.15, 0.2) is 0 Å². The van der Waals surface area contributed by atoms with Crippen LogP contribution in [0.1, 0.15) is 30.5 Å². The first-order valence-electron chi connectivity index (χ1n) is 7.18. The number of aromatic nitrogens is 2. The van der Waals surface area contributed by atoms with Gasteiger partial charge in [0, 0.05) is 28.8 Å². The molecule has 2 N–H and O–H groups in total. The number of rotatable bonds is 6. The average molecular weight is 352 g/mol. The summed E-state index contributed by atoms with van der Waals surface area (Å²) in [6, 6.07) is 4.25. The Balaban J connectivity index is 2.17. The quantitative estimate of drug-likeness (QED) is 0.867. The SMILES string of the molecule is CCn1cc(COc2c(C)cc(Br)cc2CC(C)N)cn1. The fourth-order valence-electron chi connectivity index (χ4n) is 2.31. The van der Waals surface area contributed by atoms with Crippen molar-refractivity contribution < 1.29 is 4.74 Å². The van der Waals surface area contributed by atoms with Crippen LogP contribution >= 0.6 is 15.9 Å². The van der Waals surface area contributed by atoms with Crippen LogP contribution in [0, 0.1) is 6.92 Å². The number of benzene rings is 1. The number of halogens is 1. The summed E-state index contributed by atoms with van der Waals surface area (Å²) in [4.78, 5) is 0. The second kappa shape index (κ2) is 7.09. The molecule has 1 aromatic carbocycles. The van der Waals surface area contributed by atoms with Gasteiger partial charge < -0.3 is 10.5 Å². The van der Waals surface area contributed by atoms with Crippen LogP contribution < -0.4 is 10.5 Å². The fraction of sp³-hybridized carbons (Fsp3) is 0.438. The van der Waals surface area contributed by atoms with E-state index in [4.69, 9.17) is 10.5 Å². The lowest BCUT2D eigenvalue weighted by Gasteiger charge is -2.16. The van der Waals surface area contributed by atoms with Gasteiger partial charge in [-0.3, -0.25) is 4.68 Å². The summed E-state index contributed by atoms with van der Waals surface area (Å²) in [5, 5.41) is 4.26. The highest BCUT2D eigenvalue weighted by molar-refractivity contribution is 9.10. The first kappa shape index (κ1) is 16.0. The highest BCUT2D eigenvalue weighted by Gasteiger charge is 2.11. The van der Waals surface area contributed by atoms with Gasteiger partial charge in [0.25, 0.3) is 0 Å². The lowest BCUT2D eigenvalue weighted by molar-refractivity contribution is 0.300. The van der Waals surface area contributed by atoms with Gasteiger partial charge in [-0.15, -0.1) is 0 Å². The van der Waals surface area contributed by atoms with E-state index in [9.17, 15) is 0 Å². The van der Waals surface area contributed by atoms with E-state index in [0.29, 0.717) is 6.61 Å². The van der Waals surface area contributed by atoms with Gasteiger partial charge in [-0.25, -0.2) is 0 Å². The summed E-state index contributed by atoms with van der Waals surface area (Å²) in [6.07, 6.45) is 4.66. The van der Waals surface area contributed by atoms with Crippen molar-refractivity contribution in [3.05, 3.63) is 45.7 Å². The van der Waals surface area contributed by atoms with Crippen molar-refractivity contribution in [2.45, 2.75) is 46.4 Å². The zero-order chi connectivity index (χ0) is 15.4. The minimum atomic E-state index is 0.101. The molecule has 21 heavy (non-hydrogen) atoms. The smallest absolute Gasteiger partial charge is 0.126 e. The van der Waals surface area contributed by atoms with Gasteiger partial charge in [-0.05, 0) is 50.5 Å². The van der Waals surface area contributed by atoms with Crippen molar-refractivity contribution in [3.63, 3.8) is 0 Å². The predicted molar refractivity (Wildman–Crippen MR) is 88.5 cm³/mol. The largest absolute Gasteiger partial charge is 0.488 e. The van der Waals surface area contributed by atoms with Gasteiger partial charge in [0.2, 0.25) is 0 Å². The molecule has 0 aliphatic heterocycles. The Hall–Kier alpha value is -1.33. The van der Waals surface area contributed by atoms with Gasteiger partial charge >= 0.3 is 0 Å². The molecule has 1 aromatic heterocycles. The first-order chi connectivity index (χ1) is 9.99. The van der Waals surface area contributed by atoms with E-state index < -0.39 is 0 Å². The van der Waals surface area contributed by atoms with E-state index in [1.54, 1.807) is 0 Å². The Morgan fingerprint density at radius 1 is 1.43 bits per heavy atom. The predicted octanol–water partition coefficient (Wildman–Crippen LogP) is 3.44. The van der Waals surface area contributed by atoms with Crippen LogP contribution in [0.25, 0.3) is 0 Å². The molecule has 0 aliphatic rings. The summed E-state index contributed by atoms with van der Waals surface area (Å²) in [5.41, 5.74) is 9.27. The second-order valence-electron chi connectivity index (χ2n) is 5.39. The van der Waals surface area contributed by atoms with Crippen molar-refractivity contribution >= 4 is 15.9 Å². The van der Waals surface area contributed by atoms with E-state index >= 15 is 0 Å². The summed E-state index contributed by atoms with van der Waals surface area (Å²) >= 11 is 3.54. The molecule has 0 amide bonds. The normalized spacial score (nSPS) is 12.4. The Kier molecular flexibility index (Phi) is 5.42. The number of ether oxygens (including phenoxy) is 1. The Morgan fingerprint density at radius 3 is 2.81 bits per heavy atom. The standard InChI is InChI=1S/C16H22BrN3O/c1-4-20-9-13(8-19-20)10-21-16-11(2)5-15(17)7-14(16)6-12(3)18/h5,7-9,12H,4,6,10,18H2,1-3H3. The molecule has 0 spiro atoms. The van der Waals surface area contributed by atoms with Gasteiger partial charge in [-0.1, -0.05) is 15.9 Å². The maximum absolute atomic E-state index is 6.04. The molecule has 4 nitrogen and oxygen atoms in total. The fourth-order valence-corrected chi connectivity index (χ4v) is 2.93. The topological polar surface area (TPSA) is 53.1 Å². The molecule has 1 heterocycles. The van der Waals surface area contributed by atoms with Crippen molar-refractivity contribution in [2.24, 2.45) is 5.73 Å². The van der Waals surface area contributed by atoms with E-state index in [2.05, 4.69) is 47.0 Å². The van der Waals surface area contributed by atoms with E-state index in [1.807, 2.05) is 24.0 Å². The van der Waals surface area contributed by atoms with Crippen LogP contribution in [0.2, 0.25) is 0 Å². The number of hydrogen-bond donors (Lipinski definition) is 1. The van der Waals surface area contributed by atoms with E-state index in [1.165, 1.54) is 0 Å². The van der Waals surface area contributed by atoms with E-state index in [-0.39, 0.29) is 6.04 Å². The minimum Gasteiger partial charge on any atom is -0.488 e. The molecule has 114 valence electrons. The third-order valence-electron chi connectivity index (χ3n) is 3.25. The lowest BCUT2D eigenvalue weighted by Crippen LogP contribution is -2.18. The van der Waals surface area contributed by atoms with Crippen LogP contribution in [-0.2, 0) is 19.6 Å². The summed E-state index contributed by atoms with van der Waals surface area (Å²) < 4.78 is 8.99. The maximum Gasteiger partial charge on any atom is 0.126 e. The van der Waals surface area contributed by atoms with Crippen LogP contribution in [0.3, 0.4) is 0 Å². The molecule has 0 aliphatic carbocycles. The second-order valence-corrected chi connectivity index (χ2v) is 6.30. The van der Waals surface area contributed by atoms with Gasteiger partial charge in [-0.2, -0.15) is 5.10 Å². The summed E-state index contributed by atoms with van der Waals surface area (Å²) in [7, 11) is 0. The molecule has 2 rings (SSSR count). The monoisotopic (exact) mass is 351 g/mol. The maximum atomic E-state index is 6.04. The molecular weight excluding hydrogens is 330 g/mol. The molecule has 1 atom stereocenters. The number of hydrogen-bond acceptors (Lipinski definition) is 3. The molecule has 2 aromatic rings. The Morgan fingerprint density at radius 2 is 2.19 bits per heavy atom. The highest BCUT2D eigenvalue weighted by Crippen LogP contribution is 2.29. The third kappa shape index (κ3) is 4.32. The summed E-state index contributed by atoms with van der Waals surface area (Å²) in [6.45, 7) is 7.52. The van der Waals surface area contributed by atoms with Gasteiger partial charge in [0.1, 0.15) is 12.4 Å². The van der Waals surface area contributed by atoms with Gasteiger partial charge in [0.05, 0.1) is 6.20 Å². The Labute approximate surface area is 134 Å². The Bertz CT molecular complexity index is 608. The zero-order valence-electron chi connectivity index (χ0n) is 12.8. The van der Waals surface area contributed by atoms with Crippen LogP contribution in [0.15, 0.2) is 29.0 Å². The number of nitrogens with zero attached hydrogens (tertiary/aromatic N) is 2. The molecule has 5 heteroatoms. The molecule has 0 radical (unpaired) electrons. The third-order valence-corrected chi connectivity index (χ3v) is 3.71. The highest BCUT2D eigenvalue weighted by atomic mass is 79.9. The first-order valence-corrected chi connectivity index (χ1v) is 7.97. The van der Waals surface area contributed by atoms with Crippen molar-refractivity contribution in [1.29, 1.82) is 0 Å². The molecule has 1 unspecified atom stereocenters. The average Bonchev–Trinajstić information content (AvgIpc) is 2.84. The van der Waals surface area contributed by atoms with Crippen molar-refractivity contribution in [1.82, 2.24) is 9.78 Å². The molecular formula is C16H22BrN3O. The molecule has 0 bridgehead atoms. The van der Waals surface area contributed by atoms with Crippen LogP contribution in [-0.4, -0.2) is 15.8 Å².